The smallest absolute Gasteiger partial charge is 0.227 e. The first kappa shape index (κ1) is 20.8. The Bertz CT molecular complexity index is 579. The van der Waals surface area contributed by atoms with Gasteiger partial charge in [0, 0.05) is 11.8 Å². The third-order valence-corrected chi connectivity index (χ3v) is 6.23. The van der Waals surface area contributed by atoms with E-state index < -0.39 is 0 Å². The second-order valence-electron chi connectivity index (χ2n) is 8.52. The molecule has 3 rings (SSSR count). The van der Waals surface area contributed by atoms with Crippen molar-refractivity contribution in [1.29, 1.82) is 0 Å². The Balaban J connectivity index is 1.55. The molecule has 2 saturated carbocycles. The summed E-state index contributed by atoms with van der Waals surface area (Å²) < 4.78 is 0. The Hall–Kier alpha value is -1.91. The van der Waals surface area contributed by atoms with Crippen molar-refractivity contribution in [1.82, 2.24) is 4.98 Å². The van der Waals surface area contributed by atoms with Crippen molar-refractivity contribution >= 4 is 23.2 Å². The van der Waals surface area contributed by atoms with Gasteiger partial charge in [-0.1, -0.05) is 64.2 Å². The summed E-state index contributed by atoms with van der Waals surface area (Å²) >= 11 is 0. The molecular formula is C23H35N3O2. The van der Waals surface area contributed by atoms with Gasteiger partial charge >= 0.3 is 0 Å². The number of nitrogens with one attached hydrogen (secondary N) is 2. The number of carbonyl (C=O) groups is 2. The molecule has 0 saturated heterocycles. The molecule has 0 bridgehead atoms. The average Bonchev–Trinajstić information content (AvgIpc) is 2.61. The lowest BCUT2D eigenvalue weighted by Gasteiger charge is -2.20. The zero-order chi connectivity index (χ0) is 19.6. The number of amides is 2. The molecule has 1 aromatic rings. The van der Waals surface area contributed by atoms with Gasteiger partial charge in [0.1, 0.15) is 0 Å². The maximum atomic E-state index is 12.7. The largest absolute Gasteiger partial charge is 0.324 e. The standard InChI is InChI=1S/C23H35N3O2/c27-22(18-11-7-3-1-4-8-12-18)25-20-15-21(17-24-16-20)26-23(28)19-13-9-5-2-6-10-14-19/h15-19H,1-14H2,(H,25,27)(H,26,28). The Labute approximate surface area is 169 Å². The van der Waals surface area contributed by atoms with Crippen molar-refractivity contribution in [2.45, 2.75) is 89.9 Å². The number of rotatable bonds is 4. The molecule has 154 valence electrons. The lowest BCUT2D eigenvalue weighted by Crippen LogP contribution is -2.25. The molecule has 5 nitrogen and oxygen atoms in total. The summed E-state index contributed by atoms with van der Waals surface area (Å²) in [5.41, 5.74) is 1.34. The summed E-state index contributed by atoms with van der Waals surface area (Å²) in [5.74, 6) is 0.362. The normalized spacial score (nSPS) is 20.3. The van der Waals surface area contributed by atoms with Crippen LogP contribution < -0.4 is 10.6 Å². The number of hydrogen-bond acceptors (Lipinski definition) is 3. The monoisotopic (exact) mass is 385 g/mol. The van der Waals surface area contributed by atoms with Gasteiger partial charge in [-0.3, -0.25) is 14.6 Å². The highest BCUT2D eigenvalue weighted by Crippen LogP contribution is 2.26. The van der Waals surface area contributed by atoms with E-state index in [4.69, 9.17) is 0 Å². The van der Waals surface area contributed by atoms with Crippen LogP contribution in [0.25, 0.3) is 0 Å². The van der Waals surface area contributed by atoms with Crippen LogP contribution in [0.5, 0.6) is 0 Å². The van der Waals surface area contributed by atoms with Gasteiger partial charge < -0.3 is 10.6 Å². The quantitative estimate of drug-likeness (QED) is 0.700. The van der Waals surface area contributed by atoms with Crippen molar-refractivity contribution in [3.63, 3.8) is 0 Å². The van der Waals surface area contributed by atoms with E-state index in [9.17, 15) is 9.59 Å². The van der Waals surface area contributed by atoms with Gasteiger partial charge in [-0.2, -0.15) is 0 Å². The third kappa shape index (κ3) is 6.61. The Morgan fingerprint density at radius 1 is 0.643 bits per heavy atom. The van der Waals surface area contributed by atoms with Crippen LogP contribution in [0.3, 0.4) is 0 Å². The van der Waals surface area contributed by atoms with Crippen LogP contribution in [0.4, 0.5) is 11.4 Å². The molecule has 0 radical (unpaired) electrons. The van der Waals surface area contributed by atoms with Gasteiger partial charge in [0.25, 0.3) is 0 Å². The summed E-state index contributed by atoms with van der Waals surface area (Å²) in [7, 11) is 0. The minimum Gasteiger partial charge on any atom is -0.324 e. The van der Waals surface area contributed by atoms with Crippen molar-refractivity contribution < 1.29 is 9.59 Å². The second-order valence-corrected chi connectivity index (χ2v) is 8.52. The third-order valence-electron chi connectivity index (χ3n) is 6.23. The lowest BCUT2D eigenvalue weighted by molar-refractivity contribution is -0.121. The maximum absolute atomic E-state index is 12.7. The fourth-order valence-electron chi connectivity index (χ4n) is 4.50. The molecule has 2 fully saturated rings. The zero-order valence-electron chi connectivity index (χ0n) is 17.0. The molecule has 2 aliphatic rings. The Morgan fingerprint density at radius 3 is 1.39 bits per heavy atom. The van der Waals surface area contributed by atoms with Crippen LogP contribution >= 0.6 is 0 Å². The van der Waals surface area contributed by atoms with Crippen LogP contribution in [0.1, 0.15) is 89.9 Å². The zero-order valence-corrected chi connectivity index (χ0v) is 17.0. The van der Waals surface area contributed by atoms with Crippen molar-refractivity contribution in [3.8, 4) is 0 Å². The minimum atomic E-state index is 0.0900. The summed E-state index contributed by atoms with van der Waals surface area (Å²) in [6.07, 6.45) is 19.2. The van der Waals surface area contributed by atoms with Gasteiger partial charge in [-0.05, 0) is 31.7 Å². The summed E-state index contributed by atoms with van der Waals surface area (Å²) in [6, 6.07) is 1.83. The first-order valence-electron chi connectivity index (χ1n) is 11.3. The van der Waals surface area contributed by atoms with E-state index in [0.717, 1.165) is 51.4 Å². The maximum Gasteiger partial charge on any atom is 0.227 e. The lowest BCUT2D eigenvalue weighted by atomic mass is 9.90. The van der Waals surface area contributed by atoms with Crippen LogP contribution in [0.15, 0.2) is 18.5 Å². The summed E-state index contributed by atoms with van der Waals surface area (Å²) in [4.78, 5) is 29.5. The topological polar surface area (TPSA) is 71.1 Å². The van der Waals surface area contributed by atoms with E-state index >= 15 is 0 Å². The SMILES string of the molecule is O=C(Nc1cncc(NC(=O)C2CCCCCCC2)c1)C1CCCCCCC1. The second kappa shape index (κ2) is 11.2. The van der Waals surface area contributed by atoms with E-state index in [1.54, 1.807) is 12.4 Å². The van der Waals surface area contributed by atoms with Gasteiger partial charge in [0.2, 0.25) is 11.8 Å². The Morgan fingerprint density at radius 2 is 1.00 bits per heavy atom. The molecule has 0 aliphatic heterocycles. The fourth-order valence-corrected chi connectivity index (χ4v) is 4.50. The average molecular weight is 386 g/mol. The molecule has 1 aromatic heterocycles. The number of anilines is 2. The molecule has 2 N–H and O–H groups in total. The highest BCUT2D eigenvalue weighted by Gasteiger charge is 2.21. The van der Waals surface area contributed by atoms with Crippen LogP contribution in [0, 0.1) is 11.8 Å². The highest BCUT2D eigenvalue weighted by molar-refractivity contribution is 5.95. The van der Waals surface area contributed by atoms with Crippen LogP contribution in [0.2, 0.25) is 0 Å². The van der Waals surface area contributed by atoms with Crippen molar-refractivity contribution in [3.05, 3.63) is 18.5 Å². The van der Waals surface area contributed by atoms with Gasteiger partial charge in [-0.25, -0.2) is 0 Å². The number of aromatic nitrogens is 1. The molecule has 28 heavy (non-hydrogen) atoms. The predicted molar refractivity (Wildman–Crippen MR) is 113 cm³/mol. The fraction of sp³-hybridized carbons (Fsp3) is 0.696. The Kier molecular flexibility index (Phi) is 8.31. The van der Waals surface area contributed by atoms with Gasteiger partial charge in [0.15, 0.2) is 0 Å². The minimum absolute atomic E-state index is 0.0900. The molecule has 0 spiro atoms. The molecule has 1 heterocycles. The number of nitrogens with zero attached hydrogens (tertiary/aromatic N) is 1. The highest BCUT2D eigenvalue weighted by atomic mass is 16.2. The molecule has 2 aliphatic carbocycles. The summed E-state index contributed by atoms with van der Waals surface area (Å²) in [6.45, 7) is 0. The van der Waals surface area contributed by atoms with Gasteiger partial charge in [-0.15, -0.1) is 0 Å². The molecular weight excluding hydrogens is 350 g/mol. The first-order valence-corrected chi connectivity index (χ1v) is 11.3. The van der Waals surface area contributed by atoms with E-state index in [1.807, 2.05) is 6.07 Å². The van der Waals surface area contributed by atoms with Crippen LogP contribution in [-0.4, -0.2) is 16.8 Å². The summed E-state index contributed by atoms with van der Waals surface area (Å²) in [5, 5.41) is 6.04. The molecule has 0 atom stereocenters. The molecule has 2 amide bonds. The number of pyridine rings is 1. The van der Waals surface area contributed by atoms with E-state index in [0.29, 0.717) is 11.4 Å². The molecule has 5 heteroatoms. The van der Waals surface area contributed by atoms with E-state index in [2.05, 4.69) is 15.6 Å². The van der Waals surface area contributed by atoms with Gasteiger partial charge in [0.05, 0.1) is 23.8 Å². The van der Waals surface area contributed by atoms with Crippen molar-refractivity contribution in [2.75, 3.05) is 10.6 Å². The van der Waals surface area contributed by atoms with E-state index in [-0.39, 0.29) is 23.7 Å². The molecule has 0 aromatic carbocycles. The number of carbonyl (C=O) groups excluding carboxylic acids is 2. The molecule has 0 unspecified atom stereocenters. The number of hydrogen-bond donors (Lipinski definition) is 2. The van der Waals surface area contributed by atoms with E-state index in [1.165, 1.54) is 38.5 Å². The van der Waals surface area contributed by atoms with Crippen molar-refractivity contribution in [2.24, 2.45) is 11.8 Å². The predicted octanol–water partition coefficient (Wildman–Crippen LogP) is 5.68. The first-order chi connectivity index (χ1) is 13.7. The van der Waals surface area contributed by atoms with Crippen LogP contribution in [-0.2, 0) is 9.59 Å².